The van der Waals surface area contributed by atoms with Gasteiger partial charge in [0.2, 0.25) is 10.0 Å². The van der Waals surface area contributed by atoms with Crippen LogP contribution in [0.4, 0.5) is 0 Å². The van der Waals surface area contributed by atoms with Crippen LogP contribution in [0.3, 0.4) is 0 Å². The van der Waals surface area contributed by atoms with Crippen molar-refractivity contribution in [2.75, 3.05) is 13.1 Å². The van der Waals surface area contributed by atoms with Gasteiger partial charge in [-0.2, -0.15) is 9.40 Å². The van der Waals surface area contributed by atoms with E-state index in [4.69, 9.17) is 0 Å². The average molecular weight is 391 g/mol. The second kappa shape index (κ2) is 8.12. The first-order valence-corrected chi connectivity index (χ1v) is 11.1. The zero-order chi connectivity index (χ0) is 19.5. The molecular formula is C20H30N4O2S. The Morgan fingerprint density at radius 3 is 2.44 bits per heavy atom. The maximum atomic E-state index is 13.1. The van der Waals surface area contributed by atoms with Crippen molar-refractivity contribution in [1.29, 1.82) is 0 Å². The topological polar surface area (TPSA) is 78.1 Å². The Balaban J connectivity index is 1.73. The second-order valence-corrected chi connectivity index (χ2v) is 10.1. The molecule has 0 radical (unpaired) electrons. The largest absolute Gasteiger partial charge is 0.308 e. The van der Waals surface area contributed by atoms with E-state index in [9.17, 15) is 8.42 Å². The van der Waals surface area contributed by atoms with Crippen LogP contribution in [0.25, 0.3) is 0 Å². The van der Waals surface area contributed by atoms with Gasteiger partial charge in [0.1, 0.15) is 0 Å². The predicted molar refractivity (Wildman–Crippen MR) is 107 cm³/mol. The molecule has 2 N–H and O–H groups in total. The number of sulfonamides is 1. The minimum absolute atomic E-state index is 0.0109. The van der Waals surface area contributed by atoms with Crippen molar-refractivity contribution < 1.29 is 8.42 Å². The van der Waals surface area contributed by atoms with Crippen LogP contribution in [0.5, 0.6) is 0 Å². The molecule has 1 aliphatic heterocycles. The molecule has 0 atom stereocenters. The standard InChI is InChI=1S/C20H30N4O2S/c1-20(2,3)19-17(15-22-23-19)14-21-13-16-9-5-6-10-18(16)27(25,26)24-11-7-4-8-12-24/h5-6,9-10,15,21H,4,7-8,11-14H2,1-3H3,(H,22,23). The summed E-state index contributed by atoms with van der Waals surface area (Å²) in [5.74, 6) is 0. The highest BCUT2D eigenvalue weighted by Gasteiger charge is 2.27. The molecule has 148 valence electrons. The van der Waals surface area contributed by atoms with Gasteiger partial charge in [0, 0.05) is 42.9 Å². The molecule has 1 aliphatic rings. The van der Waals surface area contributed by atoms with Crippen LogP contribution in [0.2, 0.25) is 0 Å². The van der Waals surface area contributed by atoms with Crippen molar-refractivity contribution in [2.45, 2.75) is 63.4 Å². The minimum Gasteiger partial charge on any atom is -0.308 e. The number of hydrogen-bond acceptors (Lipinski definition) is 4. The lowest BCUT2D eigenvalue weighted by atomic mass is 9.89. The zero-order valence-corrected chi connectivity index (χ0v) is 17.3. The van der Waals surface area contributed by atoms with Gasteiger partial charge in [0.25, 0.3) is 0 Å². The van der Waals surface area contributed by atoms with Gasteiger partial charge in [0.05, 0.1) is 11.1 Å². The van der Waals surface area contributed by atoms with Crippen molar-refractivity contribution in [3.63, 3.8) is 0 Å². The Morgan fingerprint density at radius 1 is 1.07 bits per heavy atom. The highest BCUT2D eigenvalue weighted by molar-refractivity contribution is 7.89. The SMILES string of the molecule is CC(C)(C)c1[nH]ncc1CNCc1ccccc1S(=O)(=O)N1CCCCC1. The Bertz CT molecular complexity index is 862. The summed E-state index contributed by atoms with van der Waals surface area (Å²) in [6.07, 6.45) is 4.82. The van der Waals surface area contributed by atoms with E-state index < -0.39 is 10.0 Å². The lowest BCUT2D eigenvalue weighted by Gasteiger charge is -2.27. The number of aromatic amines is 1. The van der Waals surface area contributed by atoms with Gasteiger partial charge in [-0.15, -0.1) is 0 Å². The maximum Gasteiger partial charge on any atom is 0.243 e. The van der Waals surface area contributed by atoms with Gasteiger partial charge in [-0.05, 0) is 24.5 Å². The average Bonchev–Trinajstić information content (AvgIpc) is 3.12. The Labute approximate surface area is 162 Å². The highest BCUT2D eigenvalue weighted by Crippen LogP contribution is 2.25. The van der Waals surface area contributed by atoms with Crippen LogP contribution in [0.15, 0.2) is 35.4 Å². The molecule has 6 nitrogen and oxygen atoms in total. The Hall–Kier alpha value is -1.70. The predicted octanol–water partition coefficient (Wildman–Crippen LogP) is 3.17. The number of rotatable bonds is 6. The molecule has 0 saturated carbocycles. The van der Waals surface area contributed by atoms with E-state index in [-0.39, 0.29) is 5.41 Å². The number of hydrogen-bond donors (Lipinski definition) is 2. The lowest BCUT2D eigenvalue weighted by Crippen LogP contribution is -2.36. The Morgan fingerprint density at radius 2 is 1.74 bits per heavy atom. The number of aromatic nitrogens is 2. The van der Waals surface area contributed by atoms with Crippen molar-refractivity contribution in [2.24, 2.45) is 0 Å². The molecule has 1 saturated heterocycles. The molecule has 0 amide bonds. The summed E-state index contributed by atoms with van der Waals surface area (Å²) in [6, 6.07) is 7.31. The summed E-state index contributed by atoms with van der Waals surface area (Å²) in [4.78, 5) is 0.419. The van der Waals surface area contributed by atoms with E-state index in [1.54, 1.807) is 16.4 Å². The van der Waals surface area contributed by atoms with Crippen molar-refractivity contribution in [3.05, 3.63) is 47.3 Å². The van der Waals surface area contributed by atoms with Crippen LogP contribution in [0, 0.1) is 0 Å². The molecule has 1 aromatic carbocycles. The molecule has 2 aromatic rings. The molecule has 2 heterocycles. The molecule has 3 rings (SSSR count). The van der Waals surface area contributed by atoms with E-state index >= 15 is 0 Å². The fraction of sp³-hybridized carbons (Fsp3) is 0.550. The summed E-state index contributed by atoms with van der Waals surface area (Å²) < 4.78 is 27.8. The number of nitrogens with one attached hydrogen (secondary N) is 2. The van der Waals surface area contributed by atoms with E-state index in [0.717, 1.165) is 36.1 Å². The van der Waals surface area contributed by atoms with Gasteiger partial charge in [-0.25, -0.2) is 8.42 Å². The Kier molecular flexibility index (Phi) is 6.03. The van der Waals surface area contributed by atoms with Crippen LogP contribution in [-0.4, -0.2) is 36.0 Å². The molecule has 1 fully saturated rings. The van der Waals surface area contributed by atoms with Crippen molar-refractivity contribution in [1.82, 2.24) is 19.8 Å². The third-order valence-corrected chi connectivity index (χ3v) is 7.00. The summed E-state index contributed by atoms with van der Waals surface area (Å²) in [7, 11) is -3.43. The lowest BCUT2D eigenvalue weighted by molar-refractivity contribution is 0.346. The fourth-order valence-corrected chi connectivity index (χ4v) is 5.31. The van der Waals surface area contributed by atoms with E-state index in [1.807, 2.05) is 18.3 Å². The first-order chi connectivity index (χ1) is 12.8. The summed E-state index contributed by atoms with van der Waals surface area (Å²) >= 11 is 0. The summed E-state index contributed by atoms with van der Waals surface area (Å²) in [5.41, 5.74) is 3.01. The second-order valence-electron chi connectivity index (χ2n) is 8.20. The molecule has 0 spiro atoms. The van der Waals surface area contributed by atoms with Gasteiger partial charge in [-0.1, -0.05) is 45.4 Å². The van der Waals surface area contributed by atoms with E-state index in [1.165, 1.54) is 0 Å². The number of benzene rings is 1. The summed E-state index contributed by atoms with van der Waals surface area (Å²) in [5, 5.41) is 10.6. The number of nitrogens with zero attached hydrogens (tertiary/aromatic N) is 2. The van der Waals surface area contributed by atoms with Crippen LogP contribution >= 0.6 is 0 Å². The molecule has 0 unspecified atom stereocenters. The van der Waals surface area contributed by atoms with Crippen molar-refractivity contribution >= 4 is 10.0 Å². The number of piperidine rings is 1. The van der Waals surface area contributed by atoms with Crippen LogP contribution < -0.4 is 5.32 Å². The van der Waals surface area contributed by atoms with E-state index in [2.05, 4.69) is 36.3 Å². The minimum atomic E-state index is -3.43. The van der Waals surface area contributed by atoms with Gasteiger partial charge < -0.3 is 5.32 Å². The smallest absolute Gasteiger partial charge is 0.243 e. The molecule has 7 heteroatoms. The van der Waals surface area contributed by atoms with Crippen LogP contribution in [0.1, 0.15) is 56.9 Å². The zero-order valence-electron chi connectivity index (χ0n) is 16.5. The molecule has 27 heavy (non-hydrogen) atoms. The van der Waals surface area contributed by atoms with E-state index in [0.29, 0.717) is 31.1 Å². The molecule has 0 bridgehead atoms. The third-order valence-electron chi connectivity index (χ3n) is 5.00. The monoisotopic (exact) mass is 390 g/mol. The van der Waals surface area contributed by atoms with Gasteiger partial charge >= 0.3 is 0 Å². The normalized spacial score (nSPS) is 16.6. The third kappa shape index (κ3) is 4.59. The molecule has 1 aromatic heterocycles. The van der Waals surface area contributed by atoms with Crippen LogP contribution in [-0.2, 0) is 28.5 Å². The maximum absolute atomic E-state index is 13.1. The van der Waals surface area contributed by atoms with Crippen molar-refractivity contribution in [3.8, 4) is 0 Å². The first-order valence-electron chi connectivity index (χ1n) is 9.61. The molecule has 0 aliphatic carbocycles. The van der Waals surface area contributed by atoms with Gasteiger partial charge in [0.15, 0.2) is 0 Å². The van der Waals surface area contributed by atoms with Gasteiger partial charge in [-0.3, -0.25) is 5.10 Å². The highest BCUT2D eigenvalue weighted by atomic mass is 32.2. The molecular weight excluding hydrogens is 360 g/mol. The quantitative estimate of drug-likeness (QED) is 0.794. The first kappa shape index (κ1) is 20.0. The summed E-state index contributed by atoms with van der Waals surface area (Å²) in [6.45, 7) is 8.81. The number of H-pyrrole nitrogens is 1. The fourth-order valence-electron chi connectivity index (χ4n) is 3.57.